The van der Waals surface area contributed by atoms with Crippen LogP contribution in [-0.4, -0.2) is 47.4 Å². The number of carbonyl (C=O) groups is 2. The second-order valence-electron chi connectivity index (χ2n) is 23.2. The van der Waals surface area contributed by atoms with E-state index in [4.69, 9.17) is 4.74 Å². The lowest BCUT2D eigenvalue weighted by Gasteiger charge is -2.22. The maximum absolute atomic E-state index is 12.5. The number of carbonyl (C=O) groups excluding carboxylic acids is 2. The van der Waals surface area contributed by atoms with Crippen LogP contribution in [-0.2, 0) is 14.3 Å². The zero-order valence-corrected chi connectivity index (χ0v) is 49.2. The van der Waals surface area contributed by atoms with Gasteiger partial charge in [-0.2, -0.15) is 0 Å². The summed E-state index contributed by atoms with van der Waals surface area (Å²) in [7, 11) is 0. The maximum Gasteiger partial charge on any atom is 0.305 e. The van der Waals surface area contributed by atoms with Gasteiger partial charge in [0, 0.05) is 12.8 Å². The lowest BCUT2D eigenvalue weighted by atomic mass is 10.0. The Morgan fingerprint density at radius 1 is 0.333 bits per heavy atom. The van der Waals surface area contributed by atoms with E-state index in [-0.39, 0.29) is 18.5 Å². The average molecular weight is 1020 g/mol. The molecule has 0 aromatic rings. The van der Waals surface area contributed by atoms with Gasteiger partial charge >= 0.3 is 5.97 Å². The molecule has 0 saturated heterocycles. The van der Waals surface area contributed by atoms with Gasteiger partial charge in [-0.05, 0) is 25.7 Å². The molecule has 0 saturated carbocycles. The third kappa shape index (κ3) is 58.1. The zero-order valence-electron chi connectivity index (χ0n) is 49.2. The van der Waals surface area contributed by atoms with E-state index in [9.17, 15) is 19.8 Å². The molecule has 0 spiro atoms. The largest absolute Gasteiger partial charge is 0.466 e. The van der Waals surface area contributed by atoms with Gasteiger partial charge in [-0.3, -0.25) is 9.59 Å². The Labute approximate surface area is 451 Å². The topological polar surface area (TPSA) is 95.9 Å². The Bertz CT molecular complexity index is 1040. The number of esters is 1. The summed E-state index contributed by atoms with van der Waals surface area (Å²) in [5.41, 5.74) is 0. The van der Waals surface area contributed by atoms with Crippen LogP contribution < -0.4 is 5.32 Å². The molecule has 0 aliphatic rings. The second kappa shape index (κ2) is 62.4. The minimum absolute atomic E-state index is 0.0180. The Morgan fingerprint density at radius 3 is 0.847 bits per heavy atom. The van der Waals surface area contributed by atoms with Crippen molar-refractivity contribution in [3.8, 4) is 0 Å². The molecule has 2 unspecified atom stereocenters. The van der Waals surface area contributed by atoms with Gasteiger partial charge in [0.05, 0.1) is 25.4 Å². The summed E-state index contributed by atoms with van der Waals surface area (Å²) in [4.78, 5) is 24.6. The number of hydrogen-bond acceptors (Lipinski definition) is 5. The highest BCUT2D eigenvalue weighted by molar-refractivity contribution is 5.76. The van der Waals surface area contributed by atoms with E-state index < -0.39 is 12.1 Å². The normalized spacial score (nSPS) is 12.4. The van der Waals surface area contributed by atoms with E-state index in [1.54, 1.807) is 0 Å². The SMILES string of the molecule is CCCCCCCCCCCCCCCCCCCCC(O)C(CO)NC(=O)CCCCCCCCCCCCCCCCCCCCCCCCCOC(=O)CCCCCCCCCCCCCCCC. The van der Waals surface area contributed by atoms with E-state index in [0.29, 0.717) is 25.9 Å². The number of aliphatic hydroxyl groups excluding tert-OH is 2. The molecule has 0 rings (SSSR count). The fraction of sp³-hybridized carbons (Fsp3) is 0.970. The highest BCUT2D eigenvalue weighted by atomic mass is 16.5. The lowest BCUT2D eigenvalue weighted by Crippen LogP contribution is -2.45. The highest BCUT2D eigenvalue weighted by Gasteiger charge is 2.20. The standard InChI is InChI=1S/C66H131NO5/c1-3-5-7-9-11-13-15-17-19-20-28-31-34-38-42-46-50-54-58-64(69)63(62-68)67-65(70)59-55-51-47-43-39-35-32-29-26-24-22-21-23-25-27-30-33-37-41-45-49-53-57-61-72-66(71)60-56-52-48-44-40-36-18-16-14-12-10-8-6-4-2/h63-64,68-69H,3-62H2,1-2H3,(H,67,70). The van der Waals surface area contributed by atoms with Crippen LogP contribution in [0.2, 0.25) is 0 Å². The fourth-order valence-corrected chi connectivity index (χ4v) is 10.8. The molecule has 6 heteroatoms. The van der Waals surface area contributed by atoms with Gasteiger partial charge < -0.3 is 20.3 Å². The van der Waals surface area contributed by atoms with E-state index in [1.807, 2.05) is 0 Å². The maximum atomic E-state index is 12.5. The Kier molecular flexibility index (Phi) is 61.4. The first-order valence-electron chi connectivity index (χ1n) is 33.3. The van der Waals surface area contributed by atoms with Crippen LogP contribution in [0.1, 0.15) is 386 Å². The van der Waals surface area contributed by atoms with Gasteiger partial charge in [-0.25, -0.2) is 0 Å². The molecule has 0 heterocycles. The van der Waals surface area contributed by atoms with E-state index >= 15 is 0 Å². The predicted octanol–water partition coefficient (Wildman–Crippen LogP) is 21.0. The van der Waals surface area contributed by atoms with Crippen LogP contribution in [0, 0.1) is 0 Å². The number of aliphatic hydroxyl groups is 2. The van der Waals surface area contributed by atoms with Crippen molar-refractivity contribution in [3.05, 3.63) is 0 Å². The molecule has 1 amide bonds. The summed E-state index contributed by atoms with van der Waals surface area (Å²) in [5, 5.41) is 23.4. The van der Waals surface area contributed by atoms with Crippen LogP contribution in [0.4, 0.5) is 0 Å². The molecule has 0 bridgehead atoms. The van der Waals surface area contributed by atoms with Crippen molar-refractivity contribution in [2.45, 2.75) is 398 Å². The summed E-state index contributed by atoms with van der Waals surface area (Å²) in [5.74, 6) is -0.0120. The number of amides is 1. The van der Waals surface area contributed by atoms with Gasteiger partial charge in [-0.1, -0.05) is 348 Å². The van der Waals surface area contributed by atoms with Crippen molar-refractivity contribution in [2.75, 3.05) is 13.2 Å². The molecule has 0 aromatic heterocycles. The van der Waals surface area contributed by atoms with Gasteiger partial charge in [0.15, 0.2) is 0 Å². The Balaban J connectivity index is 3.36. The van der Waals surface area contributed by atoms with Crippen LogP contribution >= 0.6 is 0 Å². The third-order valence-corrected chi connectivity index (χ3v) is 15.9. The summed E-state index contributed by atoms with van der Waals surface area (Å²) >= 11 is 0. The first-order chi connectivity index (χ1) is 35.5. The summed E-state index contributed by atoms with van der Waals surface area (Å²) in [6.07, 6.45) is 74.1. The first-order valence-corrected chi connectivity index (χ1v) is 33.3. The van der Waals surface area contributed by atoms with E-state index in [1.165, 1.54) is 315 Å². The highest BCUT2D eigenvalue weighted by Crippen LogP contribution is 2.19. The van der Waals surface area contributed by atoms with Crippen molar-refractivity contribution in [3.63, 3.8) is 0 Å². The smallest absolute Gasteiger partial charge is 0.305 e. The summed E-state index contributed by atoms with van der Waals surface area (Å²) in [6.45, 7) is 5.00. The molecule has 0 fully saturated rings. The van der Waals surface area contributed by atoms with E-state index in [2.05, 4.69) is 19.2 Å². The van der Waals surface area contributed by atoms with Crippen LogP contribution in [0.3, 0.4) is 0 Å². The molecule has 0 aromatic carbocycles. The number of hydrogen-bond donors (Lipinski definition) is 3. The van der Waals surface area contributed by atoms with Crippen molar-refractivity contribution in [1.29, 1.82) is 0 Å². The van der Waals surface area contributed by atoms with E-state index in [0.717, 1.165) is 38.5 Å². The van der Waals surface area contributed by atoms with Crippen LogP contribution in [0.15, 0.2) is 0 Å². The van der Waals surface area contributed by atoms with Crippen LogP contribution in [0.25, 0.3) is 0 Å². The minimum Gasteiger partial charge on any atom is -0.466 e. The van der Waals surface area contributed by atoms with Crippen LogP contribution in [0.5, 0.6) is 0 Å². The molecule has 2 atom stereocenters. The number of rotatable bonds is 63. The molecule has 6 nitrogen and oxygen atoms in total. The third-order valence-electron chi connectivity index (χ3n) is 15.9. The van der Waals surface area contributed by atoms with Gasteiger partial charge in [-0.15, -0.1) is 0 Å². The van der Waals surface area contributed by atoms with Crippen molar-refractivity contribution >= 4 is 11.9 Å². The first kappa shape index (κ1) is 70.9. The zero-order chi connectivity index (χ0) is 52.2. The monoisotopic (exact) mass is 1020 g/mol. The number of ether oxygens (including phenoxy) is 1. The Hall–Kier alpha value is -1.14. The quantitative estimate of drug-likeness (QED) is 0.0417. The molecule has 3 N–H and O–H groups in total. The van der Waals surface area contributed by atoms with Crippen molar-refractivity contribution in [1.82, 2.24) is 5.32 Å². The van der Waals surface area contributed by atoms with Gasteiger partial charge in [0.2, 0.25) is 5.91 Å². The number of unbranched alkanes of at least 4 members (excludes halogenated alkanes) is 52. The number of nitrogens with one attached hydrogen (secondary N) is 1. The molecule has 0 radical (unpaired) electrons. The van der Waals surface area contributed by atoms with Crippen molar-refractivity contribution in [2.24, 2.45) is 0 Å². The molecule has 72 heavy (non-hydrogen) atoms. The molecular weight excluding hydrogens is 887 g/mol. The van der Waals surface area contributed by atoms with Gasteiger partial charge in [0.1, 0.15) is 0 Å². The molecule has 0 aliphatic carbocycles. The minimum atomic E-state index is -0.663. The van der Waals surface area contributed by atoms with Crippen molar-refractivity contribution < 1.29 is 24.5 Å². The fourth-order valence-electron chi connectivity index (χ4n) is 10.8. The Morgan fingerprint density at radius 2 is 0.569 bits per heavy atom. The molecule has 0 aliphatic heterocycles. The van der Waals surface area contributed by atoms with Gasteiger partial charge in [0.25, 0.3) is 0 Å². The second-order valence-corrected chi connectivity index (χ2v) is 23.2. The summed E-state index contributed by atoms with van der Waals surface area (Å²) < 4.78 is 5.49. The molecular formula is C66H131NO5. The molecule has 430 valence electrons. The predicted molar refractivity (Wildman–Crippen MR) is 315 cm³/mol. The lowest BCUT2D eigenvalue weighted by molar-refractivity contribution is -0.143. The summed E-state index contributed by atoms with van der Waals surface area (Å²) in [6, 6.07) is -0.540. The average Bonchev–Trinajstić information content (AvgIpc) is 3.38.